The second-order valence-electron chi connectivity index (χ2n) is 5.21. The second kappa shape index (κ2) is 6.89. The molecule has 0 saturated carbocycles. The lowest BCUT2D eigenvalue weighted by molar-refractivity contribution is -0.150. The molecule has 0 fully saturated rings. The van der Waals surface area contributed by atoms with Crippen molar-refractivity contribution in [1.29, 1.82) is 0 Å². The molecule has 0 aromatic heterocycles. The Morgan fingerprint density at radius 1 is 1.30 bits per heavy atom. The Bertz CT molecular complexity index is 588. The number of carbonyl (C=O) groups excluding carboxylic acids is 1. The monoisotopic (exact) mass is 331 g/mol. The summed E-state index contributed by atoms with van der Waals surface area (Å²) in [6, 6.07) is 4.44. The minimum absolute atomic E-state index is 0.0489. The Balaban J connectivity index is 2.16. The zero-order chi connectivity index (χ0) is 17.0. The van der Waals surface area contributed by atoms with Gasteiger partial charge < -0.3 is 9.84 Å². The lowest BCUT2D eigenvalue weighted by Crippen LogP contribution is -2.51. The van der Waals surface area contributed by atoms with Gasteiger partial charge in [-0.2, -0.15) is 13.2 Å². The van der Waals surface area contributed by atoms with Crippen molar-refractivity contribution in [3.05, 3.63) is 29.8 Å². The van der Waals surface area contributed by atoms with E-state index >= 15 is 0 Å². The number of aliphatic carboxylic acids is 1. The maximum atomic E-state index is 13.2. The number of nitrogens with zero attached hydrogens (tertiary/aromatic N) is 1. The van der Waals surface area contributed by atoms with E-state index in [1.54, 1.807) is 18.2 Å². The third-order valence-electron chi connectivity index (χ3n) is 3.58. The van der Waals surface area contributed by atoms with Crippen molar-refractivity contribution < 1.29 is 32.6 Å². The van der Waals surface area contributed by atoms with Crippen LogP contribution in [0.15, 0.2) is 24.3 Å². The molecular weight excluding hydrogens is 315 g/mol. The van der Waals surface area contributed by atoms with Crippen LogP contribution in [-0.4, -0.2) is 36.0 Å². The Kier molecular flexibility index (Phi) is 5.12. The molecule has 126 valence electrons. The van der Waals surface area contributed by atoms with E-state index in [-0.39, 0.29) is 38.0 Å². The number of amides is 1. The van der Waals surface area contributed by atoms with Gasteiger partial charge in [0.05, 0.1) is 12.3 Å². The third-order valence-corrected chi connectivity index (χ3v) is 3.58. The number of rotatable bonds is 4. The van der Waals surface area contributed by atoms with E-state index < -0.39 is 24.3 Å². The SMILES string of the molecule is O=C(O)CCCOC(=O)N1c2ccccc2CCC1C(F)(F)F. The molecule has 1 N–H and O–H groups in total. The maximum absolute atomic E-state index is 13.2. The first-order valence-corrected chi connectivity index (χ1v) is 7.13. The van der Waals surface area contributed by atoms with Crippen LogP contribution >= 0.6 is 0 Å². The van der Waals surface area contributed by atoms with Crippen molar-refractivity contribution >= 4 is 17.7 Å². The van der Waals surface area contributed by atoms with Gasteiger partial charge in [-0.05, 0) is 30.9 Å². The van der Waals surface area contributed by atoms with Crippen LogP contribution in [-0.2, 0) is 16.0 Å². The molecule has 0 spiro atoms. The Labute approximate surface area is 130 Å². The normalized spacial score (nSPS) is 17.5. The number of hydrogen-bond acceptors (Lipinski definition) is 3. The van der Waals surface area contributed by atoms with Gasteiger partial charge in [0, 0.05) is 6.42 Å². The second-order valence-corrected chi connectivity index (χ2v) is 5.21. The lowest BCUT2D eigenvalue weighted by Gasteiger charge is -2.37. The molecule has 1 amide bonds. The number of carboxylic acids is 1. The van der Waals surface area contributed by atoms with Crippen LogP contribution in [0.3, 0.4) is 0 Å². The number of alkyl halides is 3. The minimum Gasteiger partial charge on any atom is -0.481 e. The van der Waals surface area contributed by atoms with E-state index in [1.807, 2.05) is 0 Å². The number of fused-ring (bicyclic) bond motifs is 1. The van der Waals surface area contributed by atoms with Crippen LogP contribution in [0, 0.1) is 0 Å². The van der Waals surface area contributed by atoms with Crippen LogP contribution in [0.4, 0.5) is 23.7 Å². The average molecular weight is 331 g/mol. The van der Waals surface area contributed by atoms with Gasteiger partial charge in [0.1, 0.15) is 6.04 Å². The van der Waals surface area contributed by atoms with E-state index in [1.165, 1.54) is 6.07 Å². The summed E-state index contributed by atoms with van der Waals surface area (Å²) in [5.41, 5.74) is 0.833. The van der Waals surface area contributed by atoms with E-state index in [4.69, 9.17) is 9.84 Å². The molecule has 23 heavy (non-hydrogen) atoms. The predicted octanol–water partition coefficient (Wildman–Crippen LogP) is 3.37. The maximum Gasteiger partial charge on any atom is 0.414 e. The minimum atomic E-state index is -4.56. The molecule has 1 heterocycles. The molecular formula is C15H16F3NO4. The Morgan fingerprint density at radius 2 is 2.00 bits per heavy atom. The van der Waals surface area contributed by atoms with Crippen LogP contribution in [0.25, 0.3) is 0 Å². The highest BCUT2D eigenvalue weighted by atomic mass is 19.4. The lowest BCUT2D eigenvalue weighted by atomic mass is 9.96. The summed E-state index contributed by atoms with van der Waals surface area (Å²) >= 11 is 0. The number of carbonyl (C=O) groups is 2. The summed E-state index contributed by atoms with van der Waals surface area (Å²) in [7, 11) is 0. The van der Waals surface area contributed by atoms with Crippen LogP contribution < -0.4 is 4.90 Å². The zero-order valence-corrected chi connectivity index (χ0v) is 12.2. The number of carboxylic acid groups (broad SMARTS) is 1. The Morgan fingerprint density at radius 3 is 2.65 bits per heavy atom. The number of anilines is 1. The van der Waals surface area contributed by atoms with Crippen molar-refractivity contribution in [3.63, 3.8) is 0 Å². The summed E-state index contributed by atoms with van der Waals surface area (Å²) in [6.07, 6.45) is -5.84. The molecule has 1 unspecified atom stereocenters. The fourth-order valence-corrected chi connectivity index (χ4v) is 2.53. The molecule has 1 atom stereocenters. The standard InChI is InChI=1S/C15H16F3NO4/c16-15(17,18)12-8-7-10-4-1-2-5-11(10)19(12)14(22)23-9-3-6-13(20)21/h1-2,4-5,12H,3,6-9H2,(H,20,21). The predicted molar refractivity (Wildman–Crippen MR) is 75.3 cm³/mol. The summed E-state index contributed by atoms with van der Waals surface area (Å²) in [5.74, 6) is -1.06. The summed E-state index contributed by atoms with van der Waals surface area (Å²) < 4.78 is 44.5. The first-order valence-electron chi connectivity index (χ1n) is 7.13. The number of aryl methyl sites for hydroxylation is 1. The van der Waals surface area contributed by atoms with E-state index in [9.17, 15) is 22.8 Å². The molecule has 0 aliphatic carbocycles. The quantitative estimate of drug-likeness (QED) is 0.859. The molecule has 1 aromatic carbocycles. The highest BCUT2D eigenvalue weighted by Crippen LogP contribution is 2.38. The van der Waals surface area contributed by atoms with Crippen LogP contribution in [0.5, 0.6) is 0 Å². The topological polar surface area (TPSA) is 66.8 Å². The molecule has 2 rings (SSSR count). The van der Waals surface area contributed by atoms with Crippen molar-refractivity contribution in [2.45, 2.75) is 37.9 Å². The van der Waals surface area contributed by atoms with E-state index in [0.29, 0.717) is 10.5 Å². The fourth-order valence-electron chi connectivity index (χ4n) is 2.53. The molecule has 0 bridgehead atoms. The van der Waals surface area contributed by atoms with Gasteiger partial charge >= 0.3 is 18.2 Å². The highest BCUT2D eigenvalue weighted by Gasteiger charge is 2.48. The smallest absolute Gasteiger partial charge is 0.414 e. The van der Waals surface area contributed by atoms with Gasteiger partial charge in [0.25, 0.3) is 0 Å². The number of benzene rings is 1. The molecule has 1 aromatic rings. The van der Waals surface area contributed by atoms with Gasteiger partial charge in [0.15, 0.2) is 0 Å². The van der Waals surface area contributed by atoms with Gasteiger partial charge in [-0.15, -0.1) is 0 Å². The highest BCUT2D eigenvalue weighted by molar-refractivity contribution is 5.90. The third kappa shape index (κ3) is 4.14. The zero-order valence-electron chi connectivity index (χ0n) is 12.2. The molecule has 1 aliphatic rings. The first kappa shape index (κ1) is 17.1. The first-order chi connectivity index (χ1) is 10.8. The largest absolute Gasteiger partial charge is 0.481 e. The molecule has 5 nitrogen and oxygen atoms in total. The molecule has 0 radical (unpaired) electrons. The summed E-state index contributed by atoms with van der Waals surface area (Å²) in [6.45, 7) is -0.242. The fraction of sp³-hybridized carbons (Fsp3) is 0.467. The van der Waals surface area contributed by atoms with Crippen molar-refractivity contribution in [1.82, 2.24) is 0 Å². The average Bonchev–Trinajstić information content (AvgIpc) is 2.49. The Hall–Kier alpha value is -2.25. The van der Waals surface area contributed by atoms with E-state index in [2.05, 4.69) is 0 Å². The van der Waals surface area contributed by atoms with Gasteiger partial charge in [-0.3, -0.25) is 9.69 Å². The molecule has 1 aliphatic heterocycles. The van der Waals surface area contributed by atoms with Crippen molar-refractivity contribution in [2.24, 2.45) is 0 Å². The van der Waals surface area contributed by atoms with Crippen LogP contribution in [0.2, 0.25) is 0 Å². The van der Waals surface area contributed by atoms with E-state index in [0.717, 1.165) is 0 Å². The van der Waals surface area contributed by atoms with Crippen molar-refractivity contribution in [3.8, 4) is 0 Å². The molecule has 0 saturated heterocycles. The number of para-hydroxylation sites is 1. The summed E-state index contributed by atoms with van der Waals surface area (Å²) in [4.78, 5) is 23.1. The van der Waals surface area contributed by atoms with Gasteiger partial charge in [-0.1, -0.05) is 18.2 Å². The number of ether oxygens (including phenoxy) is 1. The van der Waals surface area contributed by atoms with Gasteiger partial charge in [-0.25, -0.2) is 4.79 Å². The van der Waals surface area contributed by atoms with Crippen molar-refractivity contribution in [2.75, 3.05) is 11.5 Å². The number of halogens is 3. The van der Waals surface area contributed by atoms with Crippen LogP contribution in [0.1, 0.15) is 24.8 Å². The van der Waals surface area contributed by atoms with Gasteiger partial charge in [0.2, 0.25) is 0 Å². The number of hydrogen-bond donors (Lipinski definition) is 1. The molecule has 8 heteroatoms. The summed E-state index contributed by atoms with van der Waals surface area (Å²) in [5, 5.41) is 8.51.